The lowest BCUT2D eigenvalue weighted by Gasteiger charge is -2.06. The molecule has 2 aromatic heterocycles. The highest BCUT2D eigenvalue weighted by molar-refractivity contribution is 7.21. The Morgan fingerprint density at radius 2 is 1.76 bits per heavy atom. The summed E-state index contributed by atoms with van der Waals surface area (Å²) in [4.78, 5) is 25.7. The standard InChI is InChI=1S/C27H18Cl2N4O3S/c28-19-11-9-17(10-12-19)16-33-14-13-21(32-33)26(34)31-30-15-18-5-1-3-7-22(18)36-27(35)25-24(29)20-6-2-4-8-23(20)37-25/h1-15H,16H2,(H,31,34)/b30-15-. The van der Waals surface area contributed by atoms with Crippen molar-refractivity contribution in [2.75, 3.05) is 0 Å². The Morgan fingerprint density at radius 1 is 1.00 bits per heavy atom. The van der Waals surface area contributed by atoms with Gasteiger partial charge in [-0.3, -0.25) is 9.48 Å². The van der Waals surface area contributed by atoms with Crippen LogP contribution in [0.1, 0.15) is 31.3 Å². The van der Waals surface area contributed by atoms with E-state index in [0.29, 0.717) is 27.0 Å². The van der Waals surface area contributed by atoms with Gasteiger partial charge in [-0.25, -0.2) is 10.2 Å². The number of nitrogens with zero attached hydrogens (tertiary/aromatic N) is 3. The summed E-state index contributed by atoms with van der Waals surface area (Å²) in [6.07, 6.45) is 3.11. The number of thiophene rings is 1. The summed E-state index contributed by atoms with van der Waals surface area (Å²) < 4.78 is 8.16. The molecule has 0 aliphatic rings. The molecule has 3 aromatic carbocycles. The molecule has 10 heteroatoms. The van der Waals surface area contributed by atoms with Gasteiger partial charge in [-0.05, 0) is 42.0 Å². The van der Waals surface area contributed by atoms with Gasteiger partial charge in [0.25, 0.3) is 5.91 Å². The minimum absolute atomic E-state index is 0.213. The number of rotatable bonds is 7. The number of hydrazone groups is 1. The van der Waals surface area contributed by atoms with Gasteiger partial charge in [0.1, 0.15) is 10.6 Å². The van der Waals surface area contributed by atoms with Gasteiger partial charge in [0.15, 0.2) is 5.69 Å². The van der Waals surface area contributed by atoms with E-state index in [1.807, 2.05) is 36.4 Å². The number of amides is 1. The second-order valence-corrected chi connectivity index (χ2v) is 9.76. The number of hydrogen-bond acceptors (Lipinski definition) is 6. The topological polar surface area (TPSA) is 85.6 Å². The summed E-state index contributed by atoms with van der Waals surface area (Å²) in [6.45, 7) is 0.496. The van der Waals surface area contributed by atoms with Crippen LogP contribution in [-0.2, 0) is 6.54 Å². The maximum absolute atomic E-state index is 12.8. The van der Waals surface area contributed by atoms with Crippen LogP contribution in [0.2, 0.25) is 10.0 Å². The third-order valence-corrected chi connectivity index (χ3v) is 7.25. The Hall–Kier alpha value is -3.98. The monoisotopic (exact) mass is 548 g/mol. The SMILES string of the molecule is O=C(N/N=C\c1ccccc1OC(=O)c1sc2ccccc2c1Cl)c1ccn(Cc2ccc(Cl)cc2)n1. The fourth-order valence-corrected chi connectivity index (χ4v) is 5.05. The average molecular weight is 549 g/mol. The van der Waals surface area contributed by atoms with Crippen LogP contribution in [0.3, 0.4) is 0 Å². The van der Waals surface area contributed by atoms with E-state index in [2.05, 4.69) is 15.6 Å². The van der Waals surface area contributed by atoms with E-state index in [4.69, 9.17) is 27.9 Å². The first kappa shape index (κ1) is 24.7. The highest BCUT2D eigenvalue weighted by Gasteiger charge is 2.20. The van der Waals surface area contributed by atoms with E-state index in [-0.39, 0.29) is 11.4 Å². The van der Waals surface area contributed by atoms with Crippen LogP contribution in [0.5, 0.6) is 5.75 Å². The largest absolute Gasteiger partial charge is 0.422 e. The third kappa shape index (κ3) is 5.72. The number of carbonyl (C=O) groups excluding carboxylic acids is 2. The molecule has 0 atom stereocenters. The zero-order valence-electron chi connectivity index (χ0n) is 19.1. The van der Waals surface area contributed by atoms with Gasteiger partial charge in [0.05, 0.1) is 17.8 Å². The minimum atomic E-state index is -0.567. The minimum Gasteiger partial charge on any atom is -0.422 e. The number of carbonyl (C=O) groups is 2. The molecule has 184 valence electrons. The highest BCUT2D eigenvalue weighted by atomic mass is 35.5. The summed E-state index contributed by atoms with van der Waals surface area (Å²) in [5.74, 6) is -0.758. The van der Waals surface area contributed by atoms with Crippen molar-refractivity contribution >= 4 is 62.7 Å². The molecule has 1 N–H and O–H groups in total. The number of para-hydroxylation sites is 1. The maximum Gasteiger partial charge on any atom is 0.355 e. The van der Waals surface area contributed by atoms with Crippen LogP contribution >= 0.6 is 34.5 Å². The van der Waals surface area contributed by atoms with Crippen molar-refractivity contribution in [3.05, 3.63) is 117 Å². The maximum atomic E-state index is 12.8. The Bertz CT molecular complexity index is 1630. The van der Waals surface area contributed by atoms with Crippen molar-refractivity contribution in [3.8, 4) is 5.75 Å². The Balaban J connectivity index is 1.24. The first-order valence-corrected chi connectivity index (χ1v) is 12.6. The normalized spacial score (nSPS) is 11.2. The molecular weight excluding hydrogens is 531 g/mol. The molecule has 0 aliphatic heterocycles. The quantitative estimate of drug-likeness (QED) is 0.110. The van der Waals surface area contributed by atoms with Gasteiger partial charge >= 0.3 is 5.97 Å². The number of benzene rings is 3. The van der Waals surface area contributed by atoms with E-state index < -0.39 is 11.9 Å². The van der Waals surface area contributed by atoms with Gasteiger partial charge < -0.3 is 4.74 Å². The fourth-order valence-electron chi connectivity index (χ4n) is 3.54. The summed E-state index contributed by atoms with van der Waals surface area (Å²) in [5, 5.41) is 10.1. The molecule has 7 nitrogen and oxygen atoms in total. The summed E-state index contributed by atoms with van der Waals surface area (Å²) >= 11 is 13.6. The molecule has 0 fully saturated rings. The first-order chi connectivity index (χ1) is 18.0. The van der Waals surface area contributed by atoms with Gasteiger partial charge in [0, 0.05) is 26.9 Å². The molecule has 0 aliphatic carbocycles. The first-order valence-electron chi connectivity index (χ1n) is 11.1. The Kier molecular flexibility index (Phi) is 7.32. The second kappa shape index (κ2) is 11.0. The molecule has 0 saturated carbocycles. The van der Waals surface area contributed by atoms with Crippen molar-refractivity contribution < 1.29 is 14.3 Å². The van der Waals surface area contributed by atoms with Crippen LogP contribution < -0.4 is 10.2 Å². The van der Waals surface area contributed by atoms with E-state index in [0.717, 1.165) is 15.6 Å². The molecule has 1 amide bonds. The molecule has 0 unspecified atom stereocenters. The van der Waals surface area contributed by atoms with Crippen molar-refractivity contribution in [1.29, 1.82) is 0 Å². The molecule has 0 radical (unpaired) electrons. The molecule has 5 rings (SSSR count). The molecule has 0 bridgehead atoms. The number of nitrogens with one attached hydrogen (secondary N) is 1. The molecular formula is C27H18Cl2N4O3S. The molecule has 0 saturated heterocycles. The molecule has 2 heterocycles. The number of hydrogen-bond donors (Lipinski definition) is 1. The predicted molar refractivity (Wildman–Crippen MR) is 146 cm³/mol. The highest BCUT2D eigenvalue weighted by Crippen LogP contribution is 2.36. The van der Waals surface area contributed by atoms with E-state index in [1.54, 1.807) is 53.3 Å². The Morgan fingerprint density at radius 3 is 2.57 bits per heavy atom. The second-order valence-electron chi connectivity index (χ2n) is 7.89. The smallest absolute Gasteiger partial charge is 0.355 e. The van der Waals surface area contributed by atoms with Crippen LogP contribution in [0.15, 0.2) is 90.2 Å². The number of ether oxygens (including phenoxy) is 1. The zero-order chi connectivity index (χ0) is 25.8. The Labute approximate surface area is 225 Å². The van der Waals surface area contributed by atoms with Crippen molar-refractivity contribution in [2.24, 2.45) is 5.10 Å². The van der Waals surface area contributed by atoms with Crippen molar-refractivity contribution in [3.63, 3.8) is 0 Å². The van der Waals surface area contributed by atoms with Crippen LogP contribution in [0.4, 0.5) is 0 Å². The number of aromatic nitrogens is 2. The summed E-state index contributed by atoms with van der Waals surface area (Å²) in [7, 11) is 0. The number of halogens is 2. The lowest BCUT2D eigenvalue weighted by atomic mass is 10.2. The summed E-state index contributed by atoms with van der Waals surface area (Å²) in [5.41, 5.74) is 4.16. The van der Waals surface area contributed by atoms with E-state index >= 15 is 0 Å². The van der Waals surface area contributed by atoms with Crippen molar-refractivity contribution in [1.82, 2.24) is 15.2 Å². The van der Waals surface area contributed by atoms with Gasteiger partial charge in [-0.2, -0.15) is 10.2 Å². The summed E-state index contributed by atoms with van der Waals surface area (Å²) in [6, 6.07) is 23.3. The lowest BCUT2D eigenvalue weighted by molar-refractivity contribution is 0.0739. The van der Waals surface area contributed by atoms with Crippen LogP contribution in [0.25, 0.3) is 10.1 Å². The van der Waals surface area contributed by atoms with Gasteiger partial charge in [-0.15, -0.1) is 11.3 Å². The van der Waals surface area contributed by atoms with Crippen LogP contribution in [-0.4, -0.2) is 27.9 Å². The fraction of sp³-hybridized carbons (Fsp3) is 0.0370. The van der Waals surface area contributed by atoms with E-state index in [9.17, 15) is 9.59 Å². The molecule has 37 heavy (non-hydrogen) atoms. The predicted octanol–water partition coefficient (Wildman–Crippen LogP) is 6.44. The molecule has 5 aromatic rings. The van der Waals surface area contributed by atoms with Crippen LogP contribution in [0, 0.1) is 0 Å². The van der Waals surface area contributed by atoms with Gasteiger partial charge in [-0.1, -0.05) is 65.7 Å². The van der Waals surface area contributed by atoms with Crippen molar-refractivity contribution in [2.45, 2.75) is 6.54 Å². The van der Waals surface area contributed by atoms with E-state index in [1.165, 1.54) is 17.6 Å². The number of fused-ring (bicyclic) bond motifs is 1. The number of esters is 1. The zero-order valence-corrected chi connectivity index (χ0v) is 21.4. The van der Waals surface area contributed by atoms with Gasteiger partial charge in [0.2, 0.25) is 0 Å². The third-order valence-electron chi connectivity index (χ3n) is 5.34. The lowest BCUT2D eigenvalue weighted by Crippen LogP contribution is -2.19. The molecule has 0 spiro atoms. The average Bonchev–Trinajstić information content (AvgIpc) is 3.51.